The van der Waals surface area contributed by atoms with Crippen LogP contribution >= 0.6 is 23.1 Å². The van der Waals surface area contributed by atoms with Crippen molar-refractivity contribution in [1.82, 2.24) is 19.7 Å². The van der Waals surface area contributed by atoms with E-state index >= 15 is 0 Å². The van der Waals surface area contributed by atoms with Gasteiger partial charge in [0.1, 0.15) is 15.8 Å². The van der Waals surface area contributed by atoms with Crippen LogP contribution in [0.5, 0.6) is 0 Å². The number of thiophene rings is 1. The Kier molecular flexibility index (Phi) is 6.68. The number of nitrogens with zero attached hydrogens (tertiary/aromatic N) is 4. The van der Waals surface area contributed by atoms with Gasteiger partial charge in [-0.3, -0.25) is 5.32 Å². The molecular weight excluding hydrogens is 496 g/mol. The predicted molar refractivity (Wildman–Crippen MR) is 132 cm³/mol. The summed E-state index contributed by atoms with van der Waals surface area (Å²) in [4.78, 5) is 28.4. The number of morpholine rings is 1. The highest BCUT2D eigenvalue weighted by molar-refractivity contribution is 7.98. The van der Waals surface area contributed by atoms with E-state index in [4.69, 9.17) is 14.7 Å². The van der Waals surface area contributed by atoms with Crippen LogP contribution in [-0.2, 0) is 26.9 Å². The van der Waals surface area contributed by atoms with Gasteiger partial charge in [0.15, 0.2) is 5.82 Å². The van der Waals surface area contributed by atoms with Crippen molar-refractivity contribution in [1.29, 1.82) is 0 Å². The fraction of sp³-hybridized carbons (Fsp3) is 0.333. The molecule has 0 saturated carbocycles. The van der Waals surface area contributed by atoms with E-state index in [9.17, 15) is 13.2 Å². The van der Waals surface area contributed by atoms with Crippen LogP contribution in [0.1, 0.15) is 11.3 Å². The Bertz CT molecular complexity index is 1280. The molecule has 2 aliphatic heterocycles. The summed E-state index contributed by atoms with van der Waals surface area (Å²) in [6.07, 6.45) is 2.46. The fourth-order valence-electron chi connectivity index (χ4n) is 3.71. The van der Waals surface area contributed by atoms with Gasteiger partial charge >= 0.3 is 6.03 Å². The number of hydrogen-bond donors (Lipinski definition) is 2. The number of fused-ring (bicyclic) bond motifs is 1. The molecule has 0 radical (unpaired) electrons. The number of sulfonamides is 1. The Hall–Kier alpha value is -2.74. The topological polar surface area (TPSA) is 126 Å². The number of nitrogens with one attached hydrogen (secondary N) is 2. The lowest BCUT2D eigenvalue weighted by molar-refractivity contribution is 0.122. The maximum Gasteiger partial charge on any atom is 0.334 e. The molecule has 1 saturated heterocycles. The fourth-order valence-corrected chi connectivity index (χ4v) is 6.59. The van der Waals surface area contributed by atoms with Crippen LogP contribution in [0, 0.1) is 0 Å². The van der Waals surface area contributed by atoms with Crippen LogP contribution in [-0.4, -0.2) is 61.5 Å². The van der Waals surface area contributed by atoms with Gasteiger partial charge in [0, 0.05) is 36.2 Å². The summed E-state index contributed by atoms with van der Waals surface area (Å²) in [7, 11) is -3.92. The van der Waals surface area contributed by atoms with E-state index < -0.39 is 16.1 Å². The first kappa shape index (κ1) is 23.0. The number of urea groups is 1. The van der Waals surface area contributed by atoms with E-state index in [0.29, 0.717) is 24.6 Å². The molecule has 5 heterocycles. The van der Waals surface area contributed by atoms with Gasteiger partial charge in [-0.15, -0.1) is 11.3 Å². The van der Waals surface area contributed by atoms with Crippen LogP contribution in [0.2, 0.25) is 0 Å². The van der Waals surface area contributed by atoms with E-state index in [2.05, 4.69) is 15.2 Å². The van der Waals surface area contributed by atoms with E-state index in [1.165, 1.54) is 11.6 Å². The summed E-state index contributed by atoms with van der Waals surface area (Å²) >= 11 is 2.92. The van der Waals surface area contributed by atoms with Crippen molar-refractivity contribution in [3.05, 3.63) is 47.1 Å². The van der Waals surface area contributed by atoms with Gasteiger partial charge in [0.2, 0.25) is 0 Å². The molecule has 0 aliphatic carbocycles. The number of carbonyl (C=O) groups is 1. The van der Waals surface area contributed by atoms with Crippen molar-refractivity contribution >= 4 is 50.8 Å². The summed E-state index contributed by atoms with van der Waals surface area (Å²) in [5, 5.41) is 4.07. The number of rotatable bonds is 5. The molecule has 3 aromatic heterocycles. The van der Waals surface area contributed by atoms with Gasteiger partial charge in [-0.2, -0.15) is 11.8 Å². The SMILES string of the molecule is O=C(Nc1ccc(-c2nc3c(c(N4CCOCC4)n2)CSCC3)cn1)NS(=O)(=O)c1cccs1. The Balaban J connectivity index is 1.34. The highest BCUT2D eigenvalue weighted by atomic mass is 32.2. The third kappa shape index (κ3) is 5.02. The summed E-state index contributed by atoms with van der Waals surface area (Å²) < 4.78 is 31.9. The molecule has 0 spiro atoms. The first-order valence-electron chi connectivity index (χ1n) is 10.6. The van der Waals surface area contributed by atoms with Gasteiger partial charge in [-0.1, -0.05) is 6.07 Å². The van der Waals surface area contributed by atoms with Gasteiger partial charge < -0.3 is 9.64 Å². The first-order valence-corrected chi connectivity index (χ1v) is 14.2. The number of carbonyl (C=O) groups excluding carboxylic acids is 1. The van der Waals surface area contributed by atoms with Crippen molar-refractivity contribution in [2.24, 2.45) is 0 Å². The average molecular weight is 519 g/mol. The molecule has 5 rings (SSSR count). The number of anilines is 2. The van der Waals surface area contributed by atoms with Crippen LogP contribution in [0.4, 0.5) is 16.4 Å². The maximum absolute atomic E-state index is 12.2. The van der Waals surface area contributed by atoms with Crippen molar-refractivity contribution in [3.8, 4) is 11.4 Å². The standard InChI is InChI=1S/C21H22N6O4S3/c28-21(26-34(29,30)18-2-1-10-33-18)24-17-4-3-14(12-22-17)19-23-16-5-11-32-13-15(16)20(25-19)27-6-8-31-9-7-27/h1-4,10,12H,5-9,11,13H2,(H2,22,24,26,28). The number of ether oxygens (including phenoxy) is 1. The van der Waals surface area contributed by atoms with Gasteiger partial charge in [-0.25, -0.2) is 32.9 Å². The Morgan fingerprint density at radius 1 is 1.15 bits per heavy atom. The minimum absolute atomic E-state index is 0.0602. The second kappa shape index (κ2) is 9.86. The molecular formula is C21H22N6O4S3. The molecule has 3 aromatic rings. The molecule has 13 heteroatoms. The van der Waals surface area contributed by atoms with Gasteiger partial charge in [0.25, 0.3) is 10.0 Å². The molecule has 2 aliphatic rings. The Morgan fingerprint density at radius 2 is 2.00 bits per heavy atom. The zero-order valence-electron chi connectivity index (χ0n) is 18.1. The molecule has 2 N–H and O–H groups in total. The molecule has 0 unspecified atom stereocenters. The maximum atomic E-state index is 12.2. The minimum Gasteiger partial charge on any atom is -0.378 e. The lowest BCUT2D eigenvalue weighted by atomic mass is 10.1. The van der Waals surface area contributed by atoms with Crippen molar-refractivity contribution < 1.29 is 17.9 Å². The number of aryl methyl sites for hydroxylation is 1. The molecule has 0 atom stereocenters. The zero-order valence-corrected chi connectivity index (χ0v) is 20.5. The molecule has 2 amide bonds. The number of hydrogen-bond acceptors (Lipinski definition) is 10. The first-order chi connectivity index (χ1) is 16.5. The van der Waals surface area contributed by atoms with Gasteiger partial charge in [0.05, 0.1) is 18.9 Å². The predicted octanol–water partition coefficient (Wildman–Crippen LogP) is 2.74. The highest BCUT2D eigenvalue weighted by Crippen LogP contribution is 2.33. The summed E-state index contributed by atoms with van der Waals surface area (Å²) in [6, 6.07) is 5.50. The van der Waals surface area contributed by atoms with Crippen LogP contribution in [0.15, 0.2) is 40.1 Å². The quantitative estimate of drug-likeness (QED) is 0.524. The molecule has 10 nitrogen and oxygen atoms in total. The largest absolute Gasteiger partial charge is 0.378 e. The monoisotopic (exact) mass is 518 g/mol. The van der Waals surface area contributed by atoms with Gasteiger partial charge in [-0.05, 0) is 35.8 Å². The Labute approximate surface area is 205 Å². The smallest absolute Gasteiger partial charge is 0.334 e. The van der Waals surface area contributed by atoms with Crippen molar-refractivity contribution in [2.75, 3.05) is 42.3 Å². The summed E-state index contributed by atoms with van der Waals surface area (Å²) in [6.45, 7) is 2.93. The summed E-state index contributed by atoms with van der Waals surface area (Å²) in [5.74, 6) is 3.67. The molecule has 34 heavy (non-hydrogen) atoms. The van der Waals surface area contributed by atoms with Crippen LogP contribution in [0.25, 0.3) is 11.4 Å². The second-order valence-corrected chi connectivity index (χ2v) is 11.6. The van der Waals surface area contributed by atoms with Crippen LogP contribution < -0.4 is 14.9 Å². The van der Waals surface area contributed by atoms with Crippen LogP contribution in [0.3, 0.4) is 0 Å². The van der Waals surface area contributed by atoms with E-state index in [0.717, 1.165) is 53.9 Å². The normalized spacial score (nSPS) is 16.1. The van der Waals surface area contributed by atoms with E-state index in [-0.39, 0.29) is 10.0 Å². The molecule has 1 fully saturated rings. The molecule has 0 aromatic carbocycles. The number of pyridine rings is 1. The average Bonchev–Trinajstić information content (AvgIpc) is 3.40. The number of aromatic nitrogens is 3. The third-order valence-corrected chi connectivity index (χ3v) is 9.08. The zero-order chi connectivity index (χ0) is 23.5. The lowest BCUT2D eigenvalue weighted by Crippen LogP contribution is -2.38. The van der Waals surface area contributed by atoms with E-state index in [1.807, 2.05) is 16.5 Å². The highest BCUT2D eigenvalue weighted by Gasteiger charge is 2.24. The number of amides is 2. The lowest BCUT2D eigenvalue weighted by Gasteiger charge is -2.31. The second-order valence-electron chi connectivity index (χ2n) is 7.62. The van der Waals surface area contributed by atoms with Crippen molar-refractivity contribution in [3.63, 3.8) is 0 Å². The number of thioether (sulfide) groups is 1. The molecule has 178 valence electrons. The Morgan fingerprint density at radius 3 is 2.74 bits per heavy atom. The minimum atomic E-state index is -3.92. The third-order valence-electron chi connectivity index (χ3n) is 5.36. The van der Waals surface area contributed by atoms with Crippen molar-refractivity contribution in [2.45, 2.75) is 16.4 Å². The van der Waals surface area contributed by atoms with E-state index in [1.54, 1.807) is 29.8 Å². The molecule has 0 bridgehead atoms. The summed E-state index contributed by atoms with van der Waals surface area (Å²) in [5.41, 5.74) is 2.97.